The Morgan fingerprint density at radius 3 is 2.72 bits per heavy atom. The van der Waals surface area contributed by atoms with Crippen molar-refractivity contribution in [2.45, 2.75) is 26.3 Å². The van der Waals surface area contributed by atoms with E-state index in [1.807, 2.05) is 13.8 Å². The van der Waals surface area contributed by atoms with Crippen LogP contribution in [0.1, 0.15) is 30.8 Å². The average molecular weight is 250 g/mol. The summed E-state index contributed by atoms with van der Waals surface area (Å²) in [6, 6.07) is 2.60. The lowest BCUT2D eigenvalue weighted by Crippen LogP contribution is -2.36. The first-order valence-corrected chi connectivity index (χ1v) is 5.94. The van der Waals surface area contributed by atoms with Crippen LogP contribution in [0.2, 0.25) is 0 Å². The molecule has 96 valence electrons. The van der Waals surface area contributed by atoms with Gasteiger partial charge in [-0.3, -0.25) is 14.6 Å². The highest BCUT2D eigenvalue weighted by Crippen LogP contribution is 2.23. The van der Waals surface area contributed by atoms with Gasteiger partial charge in [0.15, 0.2) is 5.78 Å². The third kappa shape index (κ3) is 2.39. The highest BCUT2D eigenvalue weighted by Gasteiger charge is 2.35. The van der Waals surface area contributed by atoms with Gasteiger partial charge >= 0.3 is 0 Å². The number of rotatable bonds is 3. The van der Waals surface area contributed by atoms with E-state index in [-0.39, 0.29) is 35.9 Å². The standard InChI is InChI=1S/C13H15FN2O2/c1-8-5-9(2)16(13(8)18)7-12(17)11-4-3-10(14)6-15-11/h3-4,6,8-9H,5,7H2,1-2H3. The minimum absolute atomic E-state index is 0.00189. The molecule has 0 radical (unpaired) electrons. The van der Waals surface area contributed by atoms with Crippen LogP contribution in [0.15, 0.2) is 18.3 Å². The lowest BCUT2D eigenvalue weighted by atomic mass is 10.1. The molecule has 2 atom stereocenters. The number of pyridine rings is 1. The lowest BCUT2D eigenvalue weighted by Gasteiger charge is -2.20. The number of hydrogen-bond donors (Lipinski definition) is 0. The van der Waals surface area contributed by atoms with E-state index >= 15 is 0 Å². The van der Waals surface area contributed by atoms with Crippen molar-refractivity contribution < 1.29 is 14.0 Å². The number of carbonyl (C=O) groups is 2. The normalized spacial score (nSPS) is 23.5. The number of likely N-dealkylation sites (tertiary alicyclic amines) is 1. The summed E-state index contributed by atoms with van der Waals surface area (Å²) in [6.07, 6.45) is 1.77. The quantitative estimate of drug-likeness (QED) is 0.767. The summed E-state index contributed by atoms with van der Waals surface area (Å²) in [7, 11) is 0. The van der Waals surface area contributed by atoms with Crippen LogP contribution in [0.3, 0.4) is 0 Å². The molecule has 18 heavy (non-hydrogen) atoms. The zero-order chi connectivity index (χ0) is 13.3. The van der Waals surface area contributed by atoms with Crippen molar-refractivity contribution >= 4 is 11.7 Å². The predicted octanol–water partition coefficient (Wildman–Crippen LogP) is 1.66. The predicted molar refractivity (Wildman–Crippen MR) is 63.5 cm³/mol. The Hall–Kier alpha value is -1.78. The van der Waals surface area contributed by atoms with Crippen molar-refractivity contribution in [3.8, 4) is 0 Å². The summed E-state index contributed by atoms with van der Waals surface area (Å²) in [5.41, 5.74) is 0.191. The smallest absolute Gasteiger partial charge is 0.226 e. The summed E-state index contributed by atoms with van der Waals surface area (Å²) in [5.74, 6) is -0.776. The molecule has 0 spiro atoms. The number of nitrogens with zero attached hydrogens (tertiary/aromatic N) is 2. The maximum absolute atomic E-state index is 12.7. The molecule has 1 saturated heterocycles. The van der Waals surface area contributed by atoms with E-state index in [2.05, 4.69) is 4.98 Å². The van der Waals surface area contributed by atoms with Crippen molar-refractivity contribution in [1.29, 1.82) is 0 Å². The fourth-order valence-corrected chi connectivity index (χ4v) is 2.25. The summed E-state index contributed by atoms with van der Waals surface area (Å²) in [4.78, 5) is 29.1. The van der Waals surface area contributed by atoms with Crippen LogP contribution in [0, 0.1) is 11.7 Å². The number of Topliss-reactive ketones (excluding diaryl/α,β-unsaturated/α-hetero) is 1. The van der Waals surface area contributed by atoms with E-state index in [1.165, 1.54) is 12.1 Å². The Labute approximate surface area is 105 Å². The molecule has 1 aromatic heterocycles. The van der Waals surface area contributed by atoms with Gasteiger partial charge in [-0.2, -0.15) is 0 Å². The van der Waals surface area contributed by atoms with Crippen molar-refractivity contribution in [2.75, 3.05) is 6.54 Å². The van der Waals surface area contributed by atoms with E-state index in [4.69, 9.17) is 0 Å². The molecule has 2 rings (SSSR count). The first-order chi connectivity index (χ1) is 8.49. The molecule has 1 fully saturated rings. The van der Waals surface area contributed by atoms with Gasteiger partial charge in [-0.1, -0.05) is 6.92 Å². The van der Waals surface area contributed by atoms with E-state index in [1.54, 1.807) is 4.90 Å². The highest BCUT2D eigenvalue weighted by molar-refractivity contribution is 5.98. The third-order valence-corrected chi connectivity index (χ3v) is 3.26. The van der Waals surface area contributed by atoms with Crippen LogP contribution in [0.5, 0.6) is 0 Å². The summed E-state index contributed by atoms with van der Waals surface area (Å²) >= 11 is 0. The topological polar surface area (TPSA) is 50.3 Å². The molecule has 0 saturated carbocycles. The number of aromatic nitrogens is 1. The van der Waals surface area contributed by atoms with Crippen LogP contribution in [0.4, 0.5) is 4.39 Å². The zero-order valence-corrected chi connectivity index (χ0v) is 10.4. The SMILES string of the molecule is CC1CC(C)N(CC(=O)c2ccc(F)cn2)C1=O. The maximum atomic E-state index is 12.7. The van der Waals surface area contributed by atoms with Crippen LogP contribution in [-0.4, -0.2) is 34.2 Å². The Kier molecular flexibility index (Phi) is 3.41. The number of amides is 1. The molecular weight excluding hydrogens is 235 g/mol. The van der Waals surface area contributed by atoms with E-state index in [0.717, 1.165) is 12.6 Å². The Balaban J connectivity index is 2.08. The van der Waals surface area contributed by atoms with Gasteiger partial charge in [0.05, 0.1) is 12.7 Å². The molecule has 0 aromatic carbocycles. The molecule has 2 unspecified atom stereocenters. The second-order valence-corrected chi connectivity index (χ2v) is 4.74. The Bertz CT molecular complexity index is 472. The first kappa shape index (κ1) is 12.7. The monoisotopic (exact) mass is 250 g/mol. The van der Waals surface area contributed by atoms with Gasteiger partial charge in [-0.25, -0.2) is 4.39 Å². The van der Waals surface area contributed by atoms with Crippen LogP contribution >= 0.6 is 0 Å². The second-order valence-electron chi connectivity index (χ2n) is 4.74. The molecule has 1 aromatic rings. The van der Waals surface area contributed by atoms with Gasteiger partial charge in [0.25, 0.3) is 0 Å². The molecule has 5 heteroatoms. The van der Waals surface area contributed by atoms with E-state index < -0.39 is 5.82 Å². The van der Waals surface area contributed by atoms with Crippen LogP contribution in [0.25, 0.3) is 0 Å². The van der Waals surface area contributed by atoms with Crippen LogP contribution < -0.4 is 0 Å². The molecule has 2 heterocycles. The molecule has 0 aliphatic carbocycles. The van der Waals surface area contributed by atoms with E-state index in [0.29, 0.717) is 0 Å². The number of hydrogen-bond acceptors (Lipinski definition) is 3. The van der Waals surface area contributed by atoms with Gasteiger partial charge in [-0.15, -0.1) is 0 Å². The third-order valence-electron chi connectivity index (χ3n) is 3.26. The van der Waals surface area contributed by atoms with Crippen LogP contribution in [-0.2, 0) is 4.79 Å². The molecule has 0 N–H and O–H groups in total. The maximum Gasteiger partial charge on any atom is 0.226 e. The van der Waals surface area contributed by atoms with Gasteiger partial charge in [0.1, 0.15) is 11.5 Å². The molecular formula is C13H15FN2O2. The van der Waals surface area contributed by atoms with Gasteiger partial charge in [0.2, 0.25) is 5.91 Å². The molecule has 0 bridgehead atoms. The van der Waals surface area contributed by atoms with Crippen molar-refractivity contribution in [3.63, 3.8) is 0 Å². The summed E-state index contributed by atoms with van der Waals surface area (Å²) < 4.78 is 12.7. The molecule has 1 aliphatic heterocycles. The lowest BCUT2D eigenvalue weighted by molar-refractivity contribution is -0.131. The number of ketones is 1. The van der Waals surface area contributed by atoms with E-state index in [9.17, 15) is 14.0 Å². The largest absolute Gasteiger partial charge is 0.332 e. The molecule has 1 aliphatic rings. The zero-order valence-electron chi connectivity index (χ0n) is 10.4. The average Bonchev–Trinajstić information content (AvgIpc) is 2.57. The Morgan fingerprint density at radius 2 is 2.22 bits per heavy atom. The number of halogens is 1. The van der Waals surface area contributed by atoms with Gasteiger partial charge in [0, 0.05) is 12.0 Å². The minimum Gasteiger partial charge on any atom is -0.332 e. The fraction of sp³-hybridized carbons (Fsp3) is 0.462. The van der Waals surface area contributed by atoms with Crippen molar-refractivity contribution in [2.24, 2.45) is 5.92 Å². The second kappa shape index (κ2) is 4.84. The molecule has 1 amide bonds. The number of carbonyl (C=O) groups excluding carboxylic acids is 2. The van der Waals surface area contributed by atoms with Crippen molar-refractivity contribution in [1.82, 2.24) is 9.88 Å². The fourth-order valence-electron chi connectivity index (χ4n) is 2.25. The van der Waals surface area contributed by atoms with Gasteiger partial charge < -0.3 is 4.90 Å². The summed E-state index contributed by atoms with van der Waals surface area (Å²) in [6.45, 7) is 3.80. The summed E-state index contributed by atoms with van der Waals surface area (Å²) in [5, 5.41) is 0. The van der Waals surface area contributed by atoms with Gasteiger partial charge in [-0.05, 0) is 25.5 Å². The highest BCUT2D eigenvalue weighted by atomic mass is 19.1. The first-order valence-electron chi connectivity index (χ1n) is 5.94. The van der Waals surface area contributed by atoms with Crippen molar-refractivity contribution in [3.05, 3.63) is 29.8 Å². The molecule has 4 nitrogen and oxygen atoms in total. The Morgan fingerprint density at radius 1 is 1.50 bits per heavy atom. The minimum atomic E-state index is -0.481.